The number of rotatable bonds is 7. The summed E-state index contributed by atoms with van der Waals surface area (Å²) in [7, 11) is -3.76. The Hall–Kier alpha value is -0.920. The van der Waals surface area contributed by atoms with E-state index < -0.39 is 15.9 Å². The number of aryl methyl sites for hydroxylation is 1. The number of carbonyl (C=O) groups excluding carboxylic acids is 1. The maximum atomic E-state index is 13.0. The molecule has 1 aliphatic carbocycles. The van der Waals surface area contributed by atoms with E-state index in [1.165, 1.54) is 23.6 Å². The van der Waals surface area contributed by atoms with E-state index in [4.69, 9.17) is 5.73 Å². The summed E-state index contributed by atoms with van der Waals surface area (Å²) in [6.45, 7) is 1.94. The Morgan fingerprint density at radius 2 is 1.96 bits per heavy atom. The first-order valence-corrected chi connectivity index (χ1v) is 10.6. The van der Waals surface area contributed by atoms with Crippen molar-refractivity contribution in [1.82, 2.24) is 4.31 Å². The second-order valence-electron chi connectivity index (χ2n) is 6.53. The molecule has 0 aromatic heterocycles. The van der Waals surface area contributed by atoms with Gasteiger partial charge in [0.05, 0.1) is 11.4 Å². The summed E-state index contributed by atoms with van der Waals surface area (Å²) in [5, 5.41) is 0. The molecular weight excluding hydrogens is 392 g/mol. The Bertz CT molecular complexity index is 685. The van der Waals surface area contributed by atoms with Gasteiger partial charge >= 0.3 is 0 Å². The summed E-state index contributed by atoms with van der Waals surface area (Å²) in [6.07, 6.45) is 6.72. The molecule has 0 bridgehead atoms. The SMILES string of the molecule is Cc1ccc(S(=O)(=O)N(CCC2CCCCC2)CC(N)=O)c(Br)c1. The molecule has 0 radical (unpaired) electrons. The Balaban J connectivity index is 2.19. The van der Waals surface area contributed by atoms with Crippen molar-refractivity contribution in [2.75, 3.05) is 13.1 Å². The van der Waals surface area contributed by atoms with Crippen molar-refractivity contribution < 1.29 is 13.2 Å². The number of nitrogens with two attached hydrogens (primary N) is 1. The zero-order chi connectivity index (χ0) is 17.7. The largest absolute Gasteiger partial charge is 0.369 e. The average Bonchev–Trinajstić information content (AvgIpc) is 2.51. The van der Waals surface area contributed by atoms with Crippen molar-refractivity contribution >= 4 is 31.9 Å². The molecule has 2 rings (SSSR count). The molecule has 0 saturated heterocycles. The van der Waals surface area contributed by atoms with Crippen LogP contribution >= 0.6 is 15.9 Å². The van der Waals surface area contributed by atoms with Gasteiger partial charge in [-0.25, -0.2) is 8.42 Å². The van der Waals surface area contributed by atoms with E-state index in [-0.39, 0.29) is 11.4 Å². The highest BCUT2D eigenvalue weighted by Gasteiger charge is 2.28. The van der Waals surface area contributed by atoms with Crippen LogP contribution in [0.25, 0.3) is 0 Å². The number of hydrogen-bond acceptors (Lipinski definition) is 3. The fourth-order valence-corrected chi connectivity index (χ4v) is 5.79. The predicted molar refractivity (Wildman–Crippen MR) is 98.0 cm³/mol. The molecule has 2 N–H and O–H groups in total. The fourth-order valence-electron chi connectivity index (χ4n) is 3.21. The third-order valence-corrected chi connectivity index (χ3v) is 7.37. The van der Waals surface area contributed by atoms with Gasteiger partial charge < -0.3 is 5.73 Å². The number of benzene rings is 1. The molecule has 1 fully saturated rings. The molecule has 24 heavy (non-hydrogen) atoms. The van der Waals surface area contributed by atoms with Crippen LogP contribution in [0.15, 0.2) is 27.6 Å². The molecule has 1 amide bonds. The first-order valence-electron chi connectivity index (χ1n) is 8.35. The minimum Gasteiger partial charge on any atom is -0.369 e. The number of amides is 1. The van der Waals surface area contributed by atoms with Crippen LogP contribution in [0.1, 0.15) is 44.1 Å². The van der Waals surface area contributed by atoms with Crippen molar-refractivity contribution in [3.8, 4) is 0 Å². The number of hydrogen-bond donors (Lipinski definition) is 1. The molecule has 1 aromatic carbocycles. The van der Waals surface area contributed by atoms with Crippen LogP contribution in [0, 0.1) is 12.8 Å². The van der Waals surface area contributed by atoms with E-state index in [9.17, 15) is 13.2 Å². The van der Waals surface area contributed by atoms with Gasteiger partial charge in [-0.05, 0) is 52.9 Å². The van der Waals surface area contributed by atoms with Crippen LogP contribution in [0.2, 0.25) is 0 Å². The number of nitrogens with zero attached hydrogens (tertiary/aromatic N) is 1. The molecule has 7 heteroatoms. The zero-order valence-corrected chi connectivity index (χ0v) is 16.4. The zero-order valence-electron chi connectivity index (χ0n) is 14.0. The van der Waals surface area contributed by atoms with Gasteiger partial charge in [-0.1, -0.05) is 38.2 Å². The molecular formula is C17H25BrN2O3S. The number of sulfonamides is 1. The number of halogens is 1. The summed E-state index contributed by atoms with van der Waals surface area (Å²) in [5.74, 6) is -0.101. The second kappa shape index (κ2) is 8.45. The van der Waals surface area contributed by atoms with Gasteiger partial charge in [0, 0.05) is 11.0 Å². The first kappa shape index (κ1) is 19.4. The highest BCUT2D eigenvalue weighted by molar-refractivity contribution is 9.10. The fraction of sp³-hybridized carbons (Fsp3) is 0.588. The lowest BCUT2D eigenvalue weighted by atomic mass is 9.87. The van der Waals surface area contributed by atoms with Gasteiger partial charge in [0.25, 0.3) is 0 Å². The Kier molecular flexibility index (Phi) is 6.83. The van der Waals surface area contributed by atoms with Crippen LogP contribution in [0.4, 0.5) is 0 Å². The Morgan fingerprint density at radius 3 is 2.54 bits per heavy atom. The predicted octanol–water partition coefficient (Wildman–Crippen LogP) is 3.20. The standard InChI is InChI=1S/C17H25BrN2O3S/c1-13-7-8-16(15(18)11-13)24(22,23)20(12-17(19)21)10-9-14-5-3-2-4-6-14/h7-8,11,14H,2-6,9-10,12H2,1H3,(H2,19,21). The van der Waals surface area contributed by atoms with Crippen molar-refractivity contribution in [1.29, 1.82) is 0 Å². The van der Waals surface area contributed by atoms with Gasteiger partial charge in [0.1, 0.15) is 0 Å². The average molecular weight is 417 g/mol. The van der Waals surface area contributed by atoms with E-state index in [1.807, 2.05) is 6.92 Å². The number of primary amides is 1. The monoisotopic (exact) mass is 416 g/mol. The topological polar surface area (TPSA) is 80.5 Å². The van der Waals surface area contributed by atoms with E-state index in [0.29, 0.717) is 16.9 Å². The molecule has 1 saturated carbocycles. The molecule has 0 heterocycles. The lowest BCUT2D eigenvalue weighted by Gasteiger charge is -2.26. The molecule has 134 valence electrons. The Morgan fingerprint density at radius 1 is 1.29 bits per heavy atom. The maximum Gasteiger partial charge on any atom is 0.244 e. The van der Waals surface area contributed by atoms with Crippen molar-refractivity contribution in [3.63, 3.8) is 0 Å². The lowest BCUT2D eigenvalue weighted by Crippen LogP contribution is -2.39. The minimum absolute atomic E-state index is 0.179. The van der Waals surface area contributed by atoms with E-state index >= 15 is 0 Å². The molecule has 5 nitrogen and oxygen atoms in total. The van der Waals surface area contributed by atoms with E-state index in [0.717, 1.165) is 24.8 Å². The van der Waals surface area contributed by atoms with E-state index in [1.54, 1.807) is 18.2 Å². The summed E-state index contributed by atoms with van der Waals surface area (Å²) < 4.78 is 27.7. The summed E-state index contributed by atoms with van der Waals surface area (Å²) in [4.78, 5) is 11.6. The van der Waals surface area contributed by atoms with Gasteiger partial charge in [-0.3, -0.25) is 4.79 Å². The minimum atomic E-state index is -3.76. The third kappa shape index (κ3) is 5.04. The van der Waals surface area contributed by atoms with Crippen molar-refractivity contribution in [2.24, 2.45) is 11.7 Å². The highest BCUT2D eigenvalue weighted by atomic mass is 79.9. The van der Waals surface area contributed by atoms with Gasteiger partial charge in [-0.2, -0.15) is 4.31 Å². The summed E-state index contributed by atoms with van der Waals surface area (Å²) in [6, 6.07) is 5.08. The molecule has 0 spiro atoms. The molecule has 1 aromatic rings. The van der Waals surface area contributed by atoms with Gasteiger partial charge in [0.15, 0.2) is 0 Å². The lowest BCUT2D eigenvalue weighted by molar-refractivity contribution is -0.118. The van der Waals surface area contributed by atoms with Crippen LogP contribution < -0.4 is 5.73 Å². The molecule has 1 aliphatic rings. The molecule has 0 aliphatic heterocycles. The quantitative estimate of drug-likeness (QED) is 0.740. The Labute approximate surface area is 152 Å². The number of carbonyl (C=O) groups is 1. The summed E-state index contributed by atoms with van der Waals surface area (Å²) >= 11 is 3.32. The van der Waals surface area contributed by atoms with Crippen LogP contribution in [-0.4, -0.2) is 31.7 Å². The maximum absolute atomic E-state index is 13.0. The van der Waals surface area contributed by atoms with Crippen LogP contribution in [0.5, 0.6) is 0 Å². The molecule has 0 atom stereocenters. The smallest absolute Gasteiger partial charge is 0.244 e. The van der Waals surface area contributed by atoms with Gasteiger partial charge in [-0.15, -0.1) is 0 Å². The van der Waals surface area contributed by atoms with E-state index in [2.05, 4.69) is 15.9 Å². The summed E-state index contributed by atoms with van der Waals surface area (Å²) in [5.41, 5.74) is 6.24. The third-order valence-electron chi connectivity index (χ3n) is 4.55. The highest BCUT2D eigenvalue weighted by Crippen LogP contribution is 2.29. The van der Waals surface area contributed by atoms with Crippen LogP contribution in [-0.2, 0) is 14.8 Å². The van der Waals surface area contributed by atoms with Crippen molar-refractivity contribution in [2.45, 2.75) is 50.3 Å². The first-order chi connectivity index (χ1) is 11.3. The van der Waals surface area contributed by atoms with Gasteiger partial charge in [0.2, 0.25) is 15.9 Å². The molecule has 0 unspecified atom stereocenters. The van der Waals surface area contributed by atoms with Crippen LogP contribution in [0.3, 0.4) is 0 Å². The second-order valence-corrected chi connectivity index (χ2v) is 9.29. The van der Waals surface area contributed by atoms with Crippen molar-refractivity contribution in [3.05, 3.63) is 28.2 Å². The normalized spacial score (nSPS) is 16.5.